The summed E-state index contributed by atoms with van der Waals surface area (Å²) in [7, 11) is -7.63. The summed E-state index contributed by atoms with van der Waals surface area (Å²) in [6.45, 7) is 0. The zero-order chi connectivity index (χ0) is 18.1. The van der Waals surface area contributed by atoms with Crippen LogP contribution in [0.5, 0.6) is 0 Å². The molecule has 2 rings (SSSR count). The Morgan fingerprint density at radius 1 is 1.25 bits per heavy atom. The Hall–Kier alpha value is -1.71. The lowest BCUT2D eigenvalue weighted by molar-refractivity contribution is -0.0881. The van der Waals surface area contributed by atoms with E-state index in [0.29, 0.717) is 25.0 Å². The van der Waals surface area contributed by atoms with Gasteiger partial charge in [-0.15, -0.1) is 0 Å². The summed E-state index contributed by atoms with van der Waals surface area (Å²) in [6.07, 6.45) is -0.997. The van der Waals surface area contributed by atoms with Gasteiger partial charge in [0, 0.05) is 0 Å². The zero-order valence-corrected chi connectivity index (χ0v) is 13.8. The number of hydrogen-bond donors (Lipinski definition) is 0. The summed E-state index contributed by atoms with van der Waals surface area (Å²) in [4.78, 5) is 1.89. The lowest BCUT2D eigenvalue weighted by atomic mass is 10.1. The van der Waals surface area contributed by atoms with Crippen LogP contribution in [0.25, 0.3) is 5.53 Å². The van der Waals surface area contributed by atoms with E-state index in [1.165, 1.54) is 0 Å². The quantitative estimate of drug-likeness (QED) is 0.238. The summed E-state index contributed by atoms with van der Waals surface area (Å²) in [5.41, 5.74) is 7.82. The van der Waals surface area contributed by atoms with E-state index in [9.17, 15) is 30.0 Å². The van der Waals surface area contributed by atoms with E-state index in [0.717, 1.165) is 12.8 Å². The van der Waals surface area contributed by atoms with Crippen LogP contribution in [0.2, 0.25) is 0 Å². The van der Waals surface area contributed by atoms with E-state index in [2.05, 4.69) is 4.79 Å². The van der Waals surface area contributed by atoms with Crippen molar-refractivity contribution in [2.24, 2.45) is 5.92 Å². The van der Waals surface area contributed by atoms with E-state index in [1.54, 1.807) is 0 Å². The standard InChI is InChI=1S/C13H13F3N2O4S2/c14-13(15,16)9-5-6-11(10(7-9)23(19)20)24(21,22)12(18-17)8-3-1-2-4-8/h5-8,11H,1-4H2. The first kappa shape index (κ1) is 18.6. The molecule has 0 aromatic heterocycles. The topological polar surface area (TPSA) is 105 Å². The molecule has 0 radical (unpaired) electrons. The largest absolute Gasteiger partial charge is 0.416 e. The zero-order valence-electron chi connectivity index (χ0n) is 12.2. The molecule has 1 atom stereocenters. The van der Waals surface area contributed by atoms with Crippen molar-refractivity contribution in [1.82, 2.24) is 0 Å². The predicted molar refractivity (Wildman–Crippen MR) is 80.5 cm³/mol. The molecule has 2 aliphatic carbocycles. The van der Waals surface area contributed by atoms with E-state index in [1.807, 2.05) is 0 Å². The Kier molecular flexibility index (Phi) is 5.17. The summed E-state index contributed by atoms with van der Waals surface area (Å²) in [5.74, 6) is -0.567. The first-order valence-corrected chi connectivity index (χ1v) is 9.60. The number of halogens is 3. The average Bonchev–Trinajstić information content (AvgIpc) is 3.00. The molecule has 1 saturated carbocycles. The summed E-state index contributed by atoms with van der Waals surface area (Å²) in [6, 6.07) is 0. The van der Waals surface area contributed by atoms with Gasteiger partial charge in [-0.3, -0.25) is 0 Å². The third kappa shape index (κ3) is 3.52. The second-order valence-corrected chi connectivity index (χ2v) is 8.44. The summed E-state index contributed by atoms with van der Waals surface area (Å²) >= 11 is 0. The van der Waals surface area contributed by atoms with Gasteiger partial charge in [0.15, 0.2) is 0 Å². The molecule has 0 aromatic carbocycles. The van der Waals surface area contributed by atoms with Crippen LogP contribution in [-0.4, -0.2) is 43.0 Å². The summed E-state index contributed by atoms with van der Waals surface area (Å²) in [5, 5.41) is -2.42. The van der Waals surface area contributed by atoms with Gasteiger partial charge < -0.3 is 5.53 Å². The second-order valence-electron chi connectivity index (χ2n) is 5.48. The van der Waals surface area contributed by atoms with Crippen molar-refractivity contribution in [2.45, 2.75) is 37.1 Å². The van der Waals surface area contributed by atoms with Crippen molar-refractivity contribution in [2.75, 3.05) is 0 Å². The van der Waals surface area contributed by atoms with E-state index in [-0.39, 0.29) is 6.08 Å². The predicted octanol–water partition coefficient (Wildman–Crippen LogP) is 1.70. The molecule has 1 fully saturated rings. The number of allylic oxidation sites excluding steroid dienone is 3. The van der Waals surface area contributed by atoms with Crippen LogP contribution in [0.1, 0.15) is 25.7 Å². The minimum atomic E-state index is -4.81. The molecule has 11 heteroatoms. The lowest BCUT2D eigenvalue weighted by Crippen LogP contribution is -2.38. The van der Waals surface area contributed by atoms with Gasteiger partial charge >= 0.3 is 11.2 Å². The van der Waals surface area contributed by atoms with Gasteiger partial charge in [0.2, 0.25) is 10.3 Å². The van der Waals surface area contributed by atoms with E-state index >= 15 is 0 Å². The highest BCUT2D eigenvalue weighted by atomic mass is 32.2. The van der Waals surface area contributed by atoms with Gasteiger partial charge in [0.05, 0.1) is 16.4 Å². The average molecular weight is 382 g/mol. The maximum Gasteiger partial charge on any atom is 0.416 e. The molecule has 0 bridgehead atoms. The Morgan fingerprint density at radius 3 is 2.29 bits per heavy atom. The van der Waals surface area contributed by atoms with Gasteiger partial charge in [0.1, 0.15) is 5.25 Å². The van der Waals surface area contributed by atoms with Crippen LogP contribution >= 0.6 is 0 Å². The molecule has 24 heavy (non-hydrogen) atoms. The van der Waals surface area contributed by atoms with Crippen LogP contribution in [-0.2, 0) is 20.1 Å². The molecule has 0 amide bonds. The fourth-order valence-corrected chi connectivity index (χ4v) is 5.66. The van der Waals surface area contributed by atoms with Gasteiger partial charge in [-0.25, -0.2) is 8.42 Å². The summed E-state index contributed by atoms with van der Waals surface area (Å²) < 4.78 is 86.0. The minimum absolute atomic E-state index is 0.287. The maximum atomic E-state index is 12.7. The van der Waals surface area contributed by atoms with Crippen LogP contribution in [0.4, 0.5) is 13.2 Å². The van der Waals surface area contributed by atoms with Crippen molar-refractivity contribution >= 4 is 30.0 Å². The van der Waals surface area contributed by atoms with Gasteiger partial charge in [-0.05, 0) is 18.9 Å². The van der Waals surface area contributed by atoms with Crippen molar-refractivity contribution in [3.05, 3.63) is 29.3 Å². The van der Waals surface area contributed by atoms with Gasteiger partial charge in [-0.1, -0.05) is 25.0 Å². The van der Waals surface area contributed by atoms with Gasteiger partial charge in [-0.2, -0.15) is 26.4 Å². The van der Waals surface area contributed by atoms with Crippen LogP contribution in [0, 0.1) is 5.92 Å². The Balaban J connectivity index is 2.52. The van der Waals surface area contributed by atoms with Crippen LogP contribution in [0.3, 0.4) is 0 Å². The highest BCUT2D eigenvalue weighted by Crippen LogP contribution is 2.32. The fourth-order valence-electron chi connectivity index (χ4n) is 2.82. The molecule has 0 aliphatic heterocycles. The van der Waals surface area contributed by atoms with Crippen molar-refractivity contribution in [3.63, 3.8) is 0 Å². The Morgan fingerprint density at radius 2 is 1.83 bits per heavy atom. The number of rotatable bonds is 2. The molecule has 0 saturated heterocycles. The minimum Gasteiger partial charge on any atom is -0.360 e. The smallest absolute Gasteiger partial charge is 0.360 e. The third-order valence-corrected chi connectivity index (χ3v) is 6.96. The molecule has 1 unspecified atom stereocenters. The Bertz CT molecular complexity index is 878. The molecule has 0 heterocycles. The monoisotopic (exact) mass is 382 g/mol. The molecule has 2 aliphatic rings. The first-order chi connectivity index (χ1) is 11.1. The van der Waals surface area contributed by atoms with Crippen molar-refractivity contribution < 1.29 is 34.8 Å². The molecular formula is C13H13F3N2O4S2. The third-order valence-electron chi connectivity index (χ3n) is 3.98. The SMILES string of the molecule is [N-]=[N+]=C(C1CCCC1)S(=O)(=O)C1C=CC(C(F)(F)F)=CC1=S(=O)=O. The molecule has 0 aromatic rings. The molecular weight excluding hydrogens is 369 g/mol. The van der Waals surface area contributed by atoms with Gasteiger partial charge in [0.25, 0.3) is 9.84 Å². The highest BCUT2D eigenvalue weighted by Gasteiger charge is 2.46. The highest BCUT2D eigenvalue weighted by molar-refractivity contribution is 8.08. The number of alkyl halides is 3. The maximum absolute atomic E-state index is 12.7. The number of nitrogens with zero attached hydrogens (tertiary/aromatic N) is 2. The molecule has 132 valence electrons. The number of sulfone groups is 1. The van der Waals surface area contributed by atoms with E-state index in [4.69, 9.17) is 5.53 Å². The molecule has 6 nitrogen and oxygen atoms in total. The van der Waals surface area contributed by atoms with Crippen molar-refractivity contribution in [3.8, 4) is 0 Å². The Labute approximate surface area is 137 Å². The van der Waals surface area contributed by atoms with E-state index < -0.39 is 53.0 Å². The lowest BCUT2D eigenvalue weighted by Gasteiger charge is -2.18. The van der Waals surface area contributed by atoms with Crippen LogP contribution in [0.15, 0.2) is 23.8 Å². The van der Waals surface area contributed by atoms with Crippen LogP contribution < -0.4 is 0 Å². The first-order valence-electron chi connectivity index (χ1n) is 6.98. The normalized spacial score (nSPS) is 22.2. The van der Waals surface area contributed by atoms with Crippen molar-refractivity contribution in [1.29, 1.82) is 0 Å². The molecule has 0 N–H and O–H groups in total. The second kappa shape index (κ2) is 6.66. The fraction of sp³-hybridized carbons (Fsp3) is 0.538. The molecule has 0 spiro atoms. The number of hydrogen-bond acceptors (Lipinski definition) is 4.